The highest BCUT2D eigenvalue weighted by atomic mass is 79.9. The second-order valence-corrected chi connectivity index (χ2v) is 5.95. The third-order valence-electron chi connectivity index (χ3n) is 3.65. The Labute approximate surface area is 138 Å². The number of benzene rings is 3. The van der Waals surface area contributed by atoms with Gasteiger partial charge in [0.1, 0.15) is 5.75 Å². The number of aryl methyl sites for hydroxylation is 1. The molecule has 3 heteroatoms. The van der Waals surface area contributed by atoms with Gasteiger partial charge in [-0.3, -0.25) is 4.99 Å². The van der Waals surface area contributed by atoms with E-state index in [1.165, 1.54) is 5.56 Å². The van der Waals surface area contributed by atoms with Gasteiger partial charge in [0.15, 0.2) is 0 Å². The van der Waals surface area contributed by atoms with Crippen molar-refractivity contribution in [3.63, 3.8) is 0 Å². The number of methoxy groups -OCH3 is 1. The second kappa shape index (κ2) is 6.32. The Balaban J connectivity index is 2.03. The molecule has 0 N–H and O–H groups in total. The maximum absolute atomic E-state index is 5.42. The van der Waals surface area contributed by atoms with Gasteiger partial charge in [0, 0.05) is 21.6 Å². The van der Waals surface area contributed by atoms with E-state index in [0.717, 1.165) is 32.2 Å². The molecule has 0 aliphatic heterocycles. The second-order valence-electron chi connectivity index (χ2n) is 5.09. The van der Waals surface area contributed by atoms with Crippen LogP contribution in [0, 0.1) is 6.92 Å². The lowest BCUT2D eigenvalue weighted by atomic mass is 10.0. The first kappa shape index (κ1) is 14.8. The Kier molecular flexibility index (Phi) is 4.25. The Morgan fingerprint density at radius 3 is 2.50 bits per heavy atom. The first-order valence-electron chi connectivity index (χ1n) is 7.05. The van der Waals surface area contributed by atoms with Crippen molar-refractivity contribution >= 4 is 38.6 Å². The molecule has 0 radical (unpaired) electrons. The average molecular weight is 354 g/mol. The molecule has 110 valence electrons. The Morgan fingerprint density at radius 2 is 1.77 bits per heavy atom. The van der Waals surface area contributed by atoms with Crippen LogP contribution in [-0.4, -0.2) is 13.3 Å². The van der Waals surface area contributed by atoms with E-state index in [-0.39, 0.29) is 0 Å². The van der Waals surface area contributed by atoms with Gasteiger partial charge in [-0.1, -0.05) is 46.3 Å². The van der Waals surface area contributed by atoms with Crippen LogP contribution in [0.1, 0.15) is 11.1 Å². The number of rotatable bonds is 3. The lowest BCUT2D eigenvalue weighted by molar-refractivity contribution is 0.420. The first-order valence-corrected chi connectivity index (χ1v) is 7.84. The monoisotopic (exact) mass is 353 g/mol. The molecule has 0 saturated carbocycles. The molecule has 3 aromatic carbocycles. The maximum Gasteiger partial charge on any atom is 0.126 e. The minimum atomic E-state index is 0.880. The topological polar surface area (TPSA) is 21.6 Å². The minimum Gasteiger partial charge on any atom is -0.496 e. The summed E-state index contributed by atoms with van der Waals surface area (Å²) in [6.45, 7) is 2.06. The van der Waals surface area contributed by atoms with E-state index in [2.05, 4.69) is 46.0 Å². The molecule has 0 spiro atoms. The lowest BCUT2D eigenvalue weighted by Gasteiger charge is -2.07. The van der Waals surface area contributed by atoms with Gasteiger partial charge < -0.3 is 4.74 Å². The van der Waals surface area contributed by atoms with Crippen molar-refractivity contribution in [2.45, 2.75) is 6.92 Å². The van der Waals surface area contributed by atoms with Crippen LogP contribution in [-0.2, 0) is 0 Å². The highest BCUT2D eigenvalue weighted by Crippen LogP contribution is 2.28. The molecule has 0 unspecified atom stereocenters. The largest absolute Gasteiger partial charge is 0.496 e. The van der Waals surface area contributed by atoms with Crippen molar-refractivity contribution in [1.82, 2.24) is 0 Å². The van der Waals surface area contributed by atoms with Crippen LogP contribution in [0.4, 0.5) is 5.69 Å². The van der Waals surface area contributed by atoms with Crippen molar-refractivity contribution in [3.05, 3.63) is 70.2 Å². The fraction of sp³-hybridized carbons (Fsp3) is 0.105. The molecule has 0 fully saturated rings. The molecule has 0 heterocycles. The predicted octanol–water partition coefficient (Wildman–Crippen LogP) is 5.67. The molecule has 0 amide bonds. The standard InChI is InChI=1S/C19H16BrNO/c1-13-7-9-15(11-18(13)20)21-12-14-8-10-19(22-2)17-6-4-3-5-16(14)17/h3-12H,1-2H3. The summed E-state index contributed by atoms with van der Waals surface area (Å²) in [5.74, 6) is 0.880. The van der Waals surface area contributed by atoms with E-state index >= 15 is 0 Å². The summed E-state index contributed by atoms with van der Waals surface area (Å²) in [7, 11) is 1.69. The van der Waals surface area contributed by atoms with Crippen LogP contribution >= 0.6 is 15.9 Å². The molecule has 3 rings (SSSR count). The number of halogens is 1. The molecule has 0 aliphatic carbocycles. The number of hydrogen-bond donors (Lipinski definition) is 0. The first-order chi connectivity index (χ1) is 10.7. The van der Waals surface area contributed by atoms with E-state index in [4.69, 9.17) is 4.74 Å². The quantitative estimate of drug-likeness (QED) is 0.556. The van der Waals surface area contributed by atoms with E-state index in [1.54, 1.807) is 7.11 Å². The molecule has 0 atom stereocenters. The molecular weight excluding hydrogens is 338 g/mol. The summed E-state index contributed by atoms with van der Waals surface area (Å²) in [5, 5.41) is 2.23. The van der Waals surface area contributed by atoms with Crippen LogP contribution in [0.5, 0.6) is 5.75 Å². The van der Waals surface area contributed by atoms with Gasteiger partial charge in [-0.2, -0.15) is 0 Å². The lowest BCUT2D eigenvalue weighted by Crippen LogP contribution is -1.89. The molecule has 22 heavy (non-hydrogen) atoms. The van der Waals surface area contributed by atoms with Crippen LogP contribution in [0.2, 0.25) is 0 Å². The molecule has 0 aromatic heterocycles. The van der Waals surface area contributed by atoms with Gasteiger partial charge in [-0.25, -0.2) is 0 Å². The van der Waals surface area contributed by atoms with Gasteiger partial charge in [-0.05, 0) is 42.1 Å². The van der Waals surface area contributed by atoms with Crippen molar-refractivity contribution in [2.24, 2.45) is 4.99 Å². The Hall–Kier alpha value is -2.13. The highest BCUT2D eigenvalue weighted by Gasteiger charge is 2.04. The Bertz CT molecular complexity index is 855. The van der Waals surface area contributed by atoms with Gasteiger partial charge in [0.2, 0.25) is 0 Å². The summed E-state index contributed by atoms with van der Waals surface area (Å²) in [6, 6.07) is 18.3. The number of fused-ring (bicyclic) bond motifs is 1. The molecule has 0 bridgehead atoms. The van der Waals surface area contributed by atoms with E-state index in [1.807, 2.05) is 42.6 Å². The van der Waals surface area contributed by atoms with Crippen molar-refractivity contribution < 1.29 is 4.74 Å². The van der Waals surface area contributed by atoms with E-state index < -0.39 is 0 Å². The fourth-order valence-electron chi connectivity index (χ4n) is 2.39. The smallest absolute Gasteiger partial charge is 0.126 e. The average Bonchev–Trinajstić information content (AvgIpc) is 2.55. The van der Waals surface area contributed by atoms with Gasteiger partial charge in [-0.15, -0.1) is 0 Å². The summed E-state index contributed by atoms with van der Waals surface area (Å²) in [6.07, 6.45) is 1.90. The van der Waals surface area contributed by atoms with Crippen molar-refractivity contribution in [1.29, 1.82) is 0 Å². The third kappa shape index (κ3) is 2.90. The van der Waals surface area contributed by atoms with E-state index in [9.17, 15) is 0 Å². The molecule has 2 nitrogen and oxygen atoms in total. The number of aliphatic imine (C=N–C) groups is 1. The zero-order chi connectivity index (χ0) is 15.5. The Morgan fingerprint density at radius 1 is 1.00 bits per heavy atom. The minimum absolute atomic E-state index is 0.880. The van der Waals surface area contributed by atoms with Gasteiger partial charge in [0.25, 0.3) is 0 Å². The normalized spacial score (nSPS) is 11.2. The van der Waals surface area contributed by atoms with Crippen molar-refractivity contribution in [3.8, 4) is 5.75 Å². The summed E-state index contributed by atoms with van der Waals surface area (Å²) >= 11 is 3.54. The summed E-state index contributed by atoms with van der Waals surface area (Å²) in [4.78, 5) is 4.59. The van der Waals surface area contributed by atoms with Gasteiger partial charge in [0.05, 0.1) is 12.8 Å². The fourth-order valence-corrected chi connectivity index (χ4v) is 2.76. The van der Waals surface area contributed by atoms with Gasteiger partial charge >= 0.3 is 0 Å². The predicted molar refractivity (Wildman–Crippen MR) is 96.6 cm³/mol. The summed E-state index contributed by atoms with van der Waals surface area (Å²) < 4.78 is 6.49. The van der Waals surface area contributed by atoms with Crippen LogP contribution in [0.3, 0.4) is 0 Å². The zero-order valence-electron chi connectivity index (χ0n) is 12.5. The SMILES string of the molecule is COc1ccc(C=Nc2ccc(C)c(Br)c2)c2ccccc12. The van der Waals surface area contributed by atoms with E-state index in [0.29, 0.717) is 0 Å². The number of hydrogen-bond acceptors (Lipinski definition) is 2. The summed E-state index contributed by atoms with van der Waals surface area (Å²) in [5.41, 5.74) is 3.21. The van der Waals surface area contributed by atoms with Crippen molar-refractivity contribution in [2.75, 3.05) is 7.11 Å². The van der Waals surface area contributed by atoms with Crippen LogP contribution in [0.15, 0.2) is 64.1 Å². The third-order valence-corrected chi connectivity index (χ3v) is 4.50. The highest BCUT2D eigenvalue weighted by molar-refractivity contribution is 9.10. The molecule has 0 aliphatic rings. The molecule has 0 saturated heterocycles. The number of nitrogens with zero attached hydrogens (tertiary/aromatic N) is 1. The van der Waals surface area contributed by atoms with Crippen LogP contribution < -0.4 is 4.74 Å². The zero-order valence-corrected chi connectivity index (χ0v) is 14.1. The van der Waals surface area contributed by atoms with Crippen LogP contribution in [0.25, 0.3) is 10.8 Å². The molecular formula is C19H16BrNO. The number of ether oxygens (including phenoxy) is 1. The molecule has 3 aromatic rings. The maximum atomic E-state index is 5.42.